The van der Waals surface area contributed by atoms with Crippen molar-refractivity contribution in [2.75, 3.05) is 6.61 Å². The first kappa shape index (κ1) is 16.0. The standard InChI is InChI=1S/C7H15O2.C4H9.BrH.Zn/c1-4-6-7(3,8)9-5-2;1-3-4-2;;/h8H,1,4-6H2,2-3H3;1,3-4H2,2H3;1H;/q;;;+1/p-1. The van der Waals surface area contributed by atoms with Crippen LogP contribution >= 0.6 is 13.6 Å². The van der Waals surface area contributed by atoms with Gasteiger partial charge in [0, 0.05) is 0 Å². The number of rotatable bonds is 9. The molecule has 1 unspecified atom stereocenters. The van der Waals surface area contributed by atoms with Crippen LogP contribution in [0.25, 0.3) is 0 Å². The zero-order valence-electron chi connectivity index (χ0n) is 10.4. The molecule has 0 aromatic rings. The van der Waals surface area contributed by atoms with E-state index in [2.05, 4.69) is 20.5 Å². The summed E-state index contributed by atoms with van der Waals surface area (Å²) in [5.74, 6) is -0.905. The van der Waals surface area contributed by atoms with E-state index >= 15 is 0 Å². The van der Waals surface area contributed by atoms with Crippen molar-refractivity contribution in [3.8, 4) is 0 Å². The fourth-order valence-corrected chi connectivity index (χ4v) is 10.5. The second kappa shape index (κ2) is 9.09. The van der Waals surface area contributed by atoms with Gasteiger partial charge in [0.2, 0.25) is 0 Å². The van der Waals surface area contributed by atoms with Gasteiger partial charge in [0.15, 0.2) is 0 Å². The molecular formula is C11H24BrO2Zn. The minimum absolute atomic E-state index is 0.587. The molecule has 0 amide bonds. The van der Waals surface area contributed by atoms with E-state index in [1.165, 1.54) is 22.9 Å². The van der Waals surface area contributed by atoms with Crippen LogP contribution in [0, 0.1) is 0 Å². The molecule has 15 heavy (non-hydrogen) atoms. The van der Waals surface area contributed by atoms with E-state index in [4.69, 9.17) is 4.74 Å². The molecule has 1 atom stereocenters. The summed E-state index contributed by atoms with van der Waals surface area (Å²) in [5.41, 5.74) is 0. The van der Waals surface area contributed by atoms with Crippen LogP contribution in [0.3, 0.4) is 0 Å². The van der Waals surface area contributed by atoms with Crippen LogP contribution in [-0.4, -0.2) is 17.5 Å². The fraction of sp³-hybridized carbons (Fsp3) is 1.00. The third kappa shape index (κ3) is 9.92. The molecule has 0 fully saturated rings. The summed E-state index contributed by atoms with van der Waals surface area (Å²) in [4.78, 5) is 0. The van der Waals surface area contributed by atoms with Crippen LogP contribution in [0.2, 0.25) is 10.0 Å². The van der Waals surface area contributed by atoms with E-state index in [1.54, 1.807) is 6.92 Å². The Bertz CT molecular complexity index is 154. The van der Waals surface area contributed by atoms with E-state index in [1.807, 2.05) is 6.92 Å². The molecule has 0 bridgehead atoms. The molecule has 0 aromatic carbocycles. The summed E-state index contributed by atoms with van der Waals surface area (Å²) < 4.78 is 5.26. The van der Waals surface area contributed by atoms with Gasteiger partial charge in [0.1, 0.15) is 0 Å². The van der Waals surface area contributed by atoms with Gasteiger partial charge in [0.05, 0.1) is 0 Å². The Morgan fingerprint density at radius 2 is 1.87 bits per heavy atom. The summed E-state index contributed by atoms with van der Waals surface area (Å²) in [5, 5.41) is 12.5. The van der Waals surface area contributed by atoms with E-state index in [0.29, 0.717) is 6.61 Å². The Morgan fingerprint density at radius 3 is 2.40 bits per heavy atom. The number of ether oxygens (including phenoxy) is 1. The third-order valence-electron chi connectivity index (χ3n) is 2.72. The number of unbranched alkanes of at least 4 members (excludes halogenated alkanes) is 1. The molecule has 0 saturated heterocycles. The van der Waals surface area contributed by atoms with Crippen LogP contribution in [0.15, 0.2) is 0 Å². The topological polar surface area (TPSA) is 29.5 Å². The van der Waals surface area contributed by atoms with Crippen LogP contribution in [0.1, 0.15) is 46.5 Å². The average Bonchev–Trinajstić information content (AvgIpc) is 2.14. The van der Waals surface area contributed by atoms with E-state index in [-0.39, 0.29) is 0 Å². The van der Waals surface area contributed by atoms with Crippen molar-refractivity contribution in [1.29, 1.82) is 0 Å². The van der Waals surface area contributed by atoms with Crippen molar-refractivity contribution in [3.63, 3.8) is 0 Å². The van der Waals surface area contributed by atoms with Gasteiger partial charge in [-0.05, 0) is 0 Å². The Balaban J connectivity index is 3.51. The third-order valence-corrected chi connectivity index (χ3v) is 13.9. The quantitative estimate of drug-likeness (QED) is 0.509. The Labute approximate surface area is 106 Å². The molecule has 0 aliphatic heterocycles. The van der Waals surface area contributed by atoms with Crippen LogP contribution in [0.5, 0.6) is 0 Å². The molecule has 2 nitrogen and oxygen atoms in total. The Kier molecular flexibility index (Phi) is 9.72. The number of halogens is 1. The van der Waals surface area contributed by atoms with Gasteiger partial charge in [-0.25, -0.2) is 0 Å². The first-order valence-electron chi connectivity index (χ1n) is 6.25. The summed E-state index contributed by atoms with van der Waals surface area (Å²) in [6, 6.07) is 0. The number of aliphatic hydroxyl groups is 1. The predicted molar refractivity (Wildman–Crippen MR) is 64.9 cm³/mol. The minimum atomic E-state index is -1.32. The van der Waals surface area contributed by atoms with Gasteiger partial charge in [0.25, 0.3) is 0 Å². The molecule has 1 N–H and O–H groups in total. The van der Waals surface area contributed by atoms with Crippen LogP contribution in [0.4, 0.5) is 0 Å². The molecule has 0 saturated carbocycles. The first-order valence-corrected chi connectivity index (χ1v) is 17.4. The van der Waals surface area contributed by atoms with E-state index in [9.17, 15) is 5.11 Å². The van der Waals surface area contributed by atoms with Gasteiger partial charge in [-0.2, -0.15) is 0 Å². The van der Waals surface area contributed by atoms with Crippen LogP contribution in [-0.2, 0) is 18.7 Å². The zero-order chi connectivity index (χ0) is 11.7. The molecule has 4 heteroatoms. The van der Waals surface area contributed by atoms with Gasteiger partial charge < -0.3 is 0 Å². The molecule has 0 aromatic heterocycles. The Hall–Kier alpha value is 1.02. The Morgan fingerprint density at radius 1 is 1.27 bits per heavy atom. The summed E-state index contributed by atoms with van der Waals surface area (Å²) in [7, 11) is 0. The average molecular weight is 334 g/mol. The van der Waals surface area contributed by atoms with Crippen molar-refractivity contribution in [2.45, 2.75) is 62.3 Å². The first-order chi connectivity index (χ1) is 7.02. The summed E-state index contributed by atoms with van der Waals surface area (Å²) in [6.45, 7) is 6.51. The van der Waals surface area contributed by atoms with Gasteiger partial charge in [-0.15, -0.1) is 0 Å². The maximum atomic E-state index is 9.79. The molecule has 0 rings (SSSR count). The van der Waals surface area contributed by atoms with Gasteiger partial charge in [-0.1, -0.05) is 0 Å². The maximum absolute atomic E-state index is 9.79. The van der Waals surface area contributed by atoms with Crippen LogP contribution < -0.4 is 0 Å². The summed E-state index contributed by atoms with van der Waals surface area (Å²) >= 11 is 2.55. The SMILES string of the molecule is CCC[CH2][Zn]([Br])[CH2]CCC(C)(O)OCC. The van der Waals surface area contributed by atoms with Crippen molar-refractivity contribution >= 4 is 13.6 Å². The van der Waals surface area contributed by atoms with Gasteiger partial charge in [-0.3, -0.25) is 0 Å². The van der Waals surface area contributed by atoms with E-state index in [0.717, 1.165) is 12.8 Å². The molecule has 0 radical (unpaired) electrons. The summed E-state index contributed by atoms with van der Waals surface area (Å²) in [6.07, 6.45) is 4.54. The van der Waals surface area contributed by atoms with Crippen molar-refractivity contribution in [2.24, 2.45) is 0 Å². The molecule has 0 aliphatic rings. The van der Waals surface area contributed by atoms with Crippen molar-refractivity contribution in [1.82, 2.24) is 0 Å². The monoisotopic (exact) mass is 331 g/mol. The fourth-order valence-electron chi connectivity index (χ4n) is 1.81. The van der Waals surface area contributed by atoms with Gasteiger partial charge >= 0.3 is 106 Å². The molecule has 89 valence electrons. The molecule has 0 heterocycles. The van der Waals surface area contributed by atoms with E-state index < -0.39 is 19.8 Å². The number of hydrogen-bond donors (Lipinski definition) is 1. The molecule has 0 aliphatic carbocycles. The predicted octanol–water partition coefficient (Wildman–Crippen LogP) is 4.08. The van der Waals surface area contributed by atoms with Crippen molar-refractivity contribution < 1.29 is 23.8 Å². The second-order valence-electron chi connectivity index (χ2n) is 4.50. The molecule has 0 spiro atoms. The second-order valence-corrected chi connectivity index (χ2v) is 18.8. The zero-order valence-corrected chi connectivity index (χ0v) is 14.9. The molecular weight excluding hydrogens is 309 g/mol. The normalized spacial score (nSPS) is 15.0. The van der Waals surface area contributed by atoms with Crippen molar-refractivity contribution in [3.05, 3.63) is 0 Å². The number of hydrogen-bond acceptors (Lipinski definition) is 2.